The molecule has 0 amide bonds. The summed E-state index contributed by atoms with van der Waals surface area (Å²) in [7, 11) is 0. The highest BCUT2D eigenvalue weighted by atomic mass is 35.5. The van der Waals surface area contributed by atoms with E-state index in [0.717, 1.165) is 22.3 Å². The molecule has 0 fully saturated rings. The van der Waals surface area contributed by atoms with Crippen LogP contribution in [0.1, 0.15) is 43.0 Å². The van der Waals surface area contributed by atoms with E-state index in [1.807, 2.05) is 84.9 Å². The molecule has 0 aliphatic heterocycles. The van der Waals surface area contributed by atoms with E-state index < -0.39 is 11.9 Å². The highest BCUT2D eigenvalue weighted by Crippen LogP contribution is 2.28. The molecule has 0 aliphatic carbocycles. The maximum absolute atomic E-state index is 12.4. The number of ether oxygens (including phenoxy) is 4. The minimum absolute atomic E-state index is 0.178. The molecule has 0 N–H and O–H groups in total. The van der Waals surface area contributed by atoms with Gasteiger partial charge in [-0.15, -0.1) is 0 Å². The second-order valence-corrected chi connectivity index (χ2v) is 10.6. The molecule has 8 heteroatoms. The van der Waals surface area contributed by atoms with Gasteiger partial charge in [0.2, 0.25) is 0 Å². The molecule has 0 atom stereocenters. The van der Waals surface area contributed by atoms with Gasteiger partial charge in [0.15, 0.2) is 0 Å². The molecule has 5 aromatic carbocycles. The minimum Gasteiger partial charge on any atom is -0.487 e. The number of halogens is 2. The number of hydrogen-bond donors (Lipinski definition) is 0. The number of hydrogen-bond acceptors (Lipinski definition) is 6. The number of carbonyl (C=O) groups excluding carboxylic acids is 2. The summed E-state index contributed by atoms with van der Waals surface area (Å²) in [6, 6.07) is 36.2. The molecule has 0 spiro atoms. The fraction of sp³-hybridized carbons (Fsp3) is 0.111. The second kappa shape index (κ2) is 15.1. The van der Waals surface area contributed by atoms with Gasteiger partial charge in [-0.05, 0) is 64.7 Å². The van der Waals surface area contributed by atoms with Crippen molar-refractivity contribution in [3.05, 3.63) is 165 Å². The molecule has 44 heavy (non-hydrogen) atoms. The smallest absolute Gasteiger partial charge is 0.338 e. The fourth-order valence-corrected chi connectivity index (χ4v) is 4.70. The van der Waals surface area contributed by atoms with Crippen LogP contribution in [0.2, 0.25) is 10.0 Å². The van der Waals surface area contributed by atoms with Crippen molar-refractivity contribution in [1.29, 1.82) is 0 Å². The van der Waals surface area contributed by atoms with E-state index in [9.17, 15) is 9.59 Å². The predicted molar refractivity (Wildman–Crippen MR) is 169 cm³/mol. The summed E-state index contributed by atoms with van der Waals surface area (Å²) in [5.74, 6) is -0.0373. The highest BCUT2D eigenvalue weighted by Gasteiger charge is 2.13. The van der Waals surface area contributed by atoms with Crippen LogP contribution in [0.4, 0.5) is 0 Å². The predicted octanol–water partition coefficient (Wildman–Crippen LogP) is 8.87. The summed E-state index contributed by atoms with van der Waals surface area (Å²) in [5.41, 5.74) is 4.28. The Morgan fingerprint density at radius 3 is 1.27 bits per heavy atom. The van der Waals surface area contributed by atoms with Gasteiger partial charge in [0.25, 0.3) is 0 Å². The molecule has 0 bridgehead atoms. The lowest BCUT2D eigenvalue weighted by atomic mass is 10.1. The molecule has 5 rings (SSSR count). The first kappa shape index (κ1) is 30.7. The van der Waals surface area contributed by atoms with E-state index in [1.165, 1.54) is 12.1 Å². The molecular weight excluding hydrogens is 599 g/mol. The molecule has 0 unspecified atom stereocenters. The van der Waals surface area contributed by atoms with Crippen LogP contribution in [0.15, 0.2) is 121 Å². The maximum atomic E-state index is 12.4. The van der Waals surface area contributed by atoms with Crippen molar-refractivity contribution in [2.75, 3.05) is 0 Å². The average Bonchev–Trinajstić information content (AvgIpc) is 3.06. The topological polar surface area (TPSA) is 71.1 Å². The molecule has 0 saturated carbocycles. The van der Waals surface area contributed by atoms with E-state index in [4.69, 9.17) is 42.1 Å². The van der Waals surface area contributed by atoms with Crippen LogP contribution < -0.4 is 9.47 Å². The van der Waals surface area contributed by atoms with Gasteiger partial charge in [0.05, 0.1) is 21.2 Å². The molecule has 0 radical (unpaired) electrons. The van der Waals surface area contributed by atoms with E-state index in [2.05, 4.69) is 0 Å². The molecule has 0 saturated heterocycles. The van der Waals surface area contributed by atoms with Gasteiger partial charge >= 0.3 is 11.9 Å². The molecule has 6 nitrogen and oxygen atoms in total. The average molecular weight is 628 g/mol. The van der Waals surface area contributed by atoms with Crippen molar-refractivity contribution in [2.24, 2.45) is 0 Å². The number of carbonyl (C=O) groups is 2. The van der Waals surface area contributed by atoms with E-state index >= 15 is 0 Å². The van der Waals surface area contributed by atoms with Crippen LogP contribution in [0, 0.1) is 0 Å². The maximum Gasteiger partial charge on any atom is 0.338 e. The summed E-state index contributed by atoms with van der Waals surface area (Å²) >= 11 is 12.8. The summed E-state index contributed by atoms with van der Waals surface area (Å²) < 4.78 is 22.6. The Bertz CT molecular complexity index is 1600. The summed E-state index contributed by atoms with van der Waals surface area (Å²) in [5, 5.41) is 0.612. The normalized spacial score (nSPS) is 10.6. The lowest BCUT2D eigenvalue weighted by Crippen LogP contribution is -2.06. The van der Waals surface area contributed by atoms with Gasteiger partial charge in [-0.3, -0.25) is 0 Å². The largest absolute Gasteiger partial charge is 0.487 e. The van der Waals surface area contributed by atoms with Crippen molar-refractivity contribution in [2.45, 2.75) is 26.4 Å². The van der Waals surface area contributed by atoms with Gasteiger partial charge in [-0.1, -0.05) is 102 Å². The molecular formula is C36H28Cl2O6. The highest BCUT2D eigenvalue weighted by molar-refractivity contribution is 6.32. The summed E-state index contributed by atoms with van der Waals surface area (Å²) in [6.07, 6.45) is 0. The van der Waals surface area contributed by atoms with E-state index in [1.54, 1.807) is 24.3 Å². The molecule has 0 heterocycles. The second-order valence-electron chi connectivity index (χ2n) is 9.81. The third-order valence-electron chi connectivity index (χ3n) is 6.54. The van der Waals surface area contributed by atoms with Crippen molar-refractivity contribution in [1.82, 2.24) is 0 Å². The van der Waals surface area contributed by atoms with Gasteiger partial charge < -0.3 is 18.9 Å². The fourth-order valence-electron chi connectivity index (χ4n) is 4.23. The Hall–Kier alpha value is -4.78. The quantitative estimate of drug-likeness (QED) is 0.129. The van der Waals surface area contributed by atoms with Crippen LogP contribution in [0.25, 0.3) is 0 Å². The van der Waals surface area contributed by atoms with E-state index in [0.29, 0.717) is 32.7 Å². The zero-order valence-corrected chi connectivity index (χ0v) is 25.1. The SMILES string of the molecule is O=C(OCc1ccccc1)c1ccc(OCc2cccc(COc3ccc(C(=O)OCc4ccccc4)cc3Cl)c2)c(Cl)c1. The summed E-state index contributed by atoms with van der Waals surface area (Å²) in [4.78, 5) is 24.9. The minimum atomic E-state index is -0.465. The standard InChI is InChI=1S/C36H28Cl2O6/c37-31-19-29(35(39)43-21-25-8-3-1-4-9-25)14-16-33(31)41-23-27-12-7-13-28(18-27)24-42-34-17-15-30(20-32(34)38)36(40)44-22-26-10-5-2-6-11-26/h1-20H,21-24H2. The monoisotopic (exact) mass is 626 g/mol. The first-order valence-corrected chi connectivity index (χ1v) is 14.5. The van der Waals surface area contributed by atoms with Crippen LogP contribution in [0.3, 0.4) is 0 Å². The van der Waals surface area contributed by atoms with Crippen molar-refractivity contribution >= 4 is 35.1 Å². The van der Waals surface area contributed by atoms with Gasteiger partial charge in [0.1, 0.15) is 37.9 Å². The first-order valence-electron chi connectivity index (χ1n) is 13.8. The van der Waals surface area contributed by atoms with Crippen LogP contribution in [0.5, 0.6) is 11.5 Å². The Kier molecular flexibility index (Phi) is 10.5. The van der Waals surface area contributed by atoms with Crippen LogP contribution in [-0.4, -0.2) is 11.9 Å². The van der Waals surface area contributed by atoms with Crippen LogP contribution in [-0.2, 0) is 35.9 Å². The van der Waals surface area contributed by atoms with Crippen molar-refractivity contribution in [3.63, 3.8) is 0 Å². The number of rotatable bonds is 12. The molecule has 222 valence electrons. The molecule has 5 aromatic rings. The Labute approximate surface area is 265 Å². The van der Waals surface area contributed by atoms with Crippen molar-refractivity contribution in [3.8, 4) is 11.5 Å². The first-order chi connectivity index (χ1) is 21.4. The van der Waals surface area contributed by atoms with Gasteiger partial charge in [-0.2, -0.15) is 0 Å². The van der Waals surface area contributed by atoms with E-state index in [-0.39, 0.29) is 26.4 Å². The van der Waals surface area contributed by atoms with Crippen molar-refractivity contribution < 1.29 is 28.5 Å². The van der Waals surface area contributed by atoms with Crippen LogP contribution >= 0.6 is 23.2 Å². The Balaban J connectivity index is 1.11. The zero-order chi connectivity index (χ0) is 30.7. The zero-order valence-electron chi connectivity index (χ0n) is 23.6. The Morgan fingerprint density at radius 1 is 0.455 bits per heavy atom. The lowest BCUT2D eigenvalue weighted by Gasteiger charge is -2.12. The summed E-state index contributed by atoms with van der Waals surface area (Å²) in [6.45, 7) is 0.867. The van der Waals surface area contributed by atoms with Gasteiger partial charge in [0, 0.05) is 0 Å². The molecule has 0 aliphatic rings. The third-order valence-corrected chi connectivity index (χ3v) is 7.13. The Morgan fingerprint density at radius 2 is 0.864 bits per heavy atom. The third kappa shape index (κ3) is 8.63. The lowest BCUT2D eigenvalue weighted by molar-refractivity contribution is 0.0464. The van der Waals surface area contributed by atoms with Gasteiger partial charge in [-0.25, -0.2) is 9.59 Å². The number of esters is 2. The number of benzene rings is 5. The molecule has 0 aromatic heterocycles.